The maximum Gasteiger partial charge on any atom is 0.270 e. The molecule has 0 saturated carbocycles. The van der Waals surface area contributed by atoms with E-state index in [2.05, 4.69) is 0 Å². The molecule has 1 fully saturated rings. The number of benzene rings is 3. The number of nitro groups is 1. The summed E-state index contributed by atoms with van der Waals surface area (Å²) in [6, 6.07) is 18.4. The molecule has 0 radical (unpaired) electrons. The first-order valence-corrected chi connectivity index (χ1v) is 11.4. The molecule has 0 aliphatic carbocycles. The van der Waals surface area contributed by atoms with Crippen molar-refractivity contribution in [3.05, 3.63) is 105 Å². The maximum absolute atomic E-state index is 13.5. The molecule has 35 heavy (non-hydrogen) atoms. The molecule has 1 atom stereocenters. The van der Waals surface area contributed by atoms with Crippen molar-refractivity contribution in [3.63, 3.8) is 0 Å². The van der Waals surface area contributed by atoms with E-state index in [1.165, 1.54) is 29.2 Å². The SMILES string of the molecule is Cc1ccc(N2C(=O)CC(N(CCc3cccc(Cl)c3)C(=O)c3cccc([N+](=O)[O-])c3)C2=O)cc1. The Bertz CT molecular complexity index is 1310. The molecule has 0 bridgehead atoms. The zero-order chi connectivity index (χ0) is 25.1. The topological polar surface area (TPSA) is 101 Å². The summed E-state index contributed by atoms with van der Waals surface area (Å²) >= 11 is 6.08. The molecule has 1 aliphatic rings. The van der Waals surface area contributed by atoms with Gasteiger partial charge in [0.2, 0.25) is 5.91 Å². The number of aryl methyl sites for hydroxylation is 1. The summed E-state index contributed by atoms with van der Waals surface area (Å²) in [7, 11) is 0. The van der Waals surface area contributed by atoms with Gasteiger partial charge in [0.05, 0.1) is 17.0 Å². The highest BCUT2D eigenvalue weighted by Crippen LogP contribution is 2.28. The molecular weight excluding hydrogens is 470 g/mol. The molecule has 8 nitrogen and oxygen atoms in total. The second kappa shape index (κ2) is 10.1. The lowest BCUT2D eigenvalue weighted by atomic mass is 10.1. The van der Waals surface area contributed by atoms with E-state index in [9.17, 15) is 24.5 Å². The van der Waals surface area contributed by atoms with Crippen LogP contribution in [-0.2, 0) is 16.0 Å². The predicted octanol–water partition coefficient (Wildman–Crippen LogP) is 4.57. The molecule has 3 aromatic rings. The van der Waals surface area contributed by atoms with Gasteiger partial charge in [-0.3, -0.25) is 24.5 Å². The molecule has 3 aromatic carbocycles. The van der Waals surface area contributed by atoms with E-state index >= 15 is 0 Å². The van der Waals surface area contributed by atoms with Gasteiger partial charge >= 0.3 is 0 Å². The van der Waals surface area contributed by atoms with Crippen LogP contribution in [0.5, 0.6) is 0 Å². The minimum atomic E-state index is -1.03. The van der Waals surface area contributed by atoms with Crippen LogP contribution >= 0.6 is 11.6 Å². The van der Waals surface area contributed by atoms with Crippen LogP contribution in [0.15, 0.2) is 72.8 Å². The second-order valence-electron chi connectivity index (χ2n) is 8.31. The van der Waals surface area contributed by atoms with Crippen molar-refractivity contribution in [2.24, 2.45) is 0 Å². The number of rotatable bonds is 7. The molecule has 4 rings (SSSR count). The van der Waals surface area contributed by atoms with Crippen LogP contribution in [0.25, 0.3) is 0 Å². The quantitative estimate of drug-likeness (QED) is 0.273. The molecule has 3 amide bonds. The first kappa shape index (κ1) is 24.1. The van der Waals surface area contributed by atoms with E-state index in [4.69, 9.17) is 11.6 Å². The van der Waals surface area contributed by atoms with Gasteiger partial charge in [0, 0.05) is 29.3 Å². The van der Waals surface area contributed by atoms with Crippen molar-refractivity contribution in [1.29, 1.82) is 0 Å². The number of amides is 3. The lowest BCUT2D eigenvalue weighted by Crippen LogP contribution is -2.46. The number of carbonyl (C=O) groups is 3. The van der Waals surface area contributed by atoms with Crippen LogP contribution in [0.2, 0.25) is 5.02 Å². The number of halogens is 1. The highest BCUT2D eigenvalue weighted by molar-refractivity contribution is 6.30. The van der Waals surface area contributed by atoms with Gasteiger partial charge in [0.25, 0.3) is 17.5 Å². The fourth-order valence-corrected chi connectivity index (χ4v) is 4.30. The van der Waals surface area contributed by atoms with Crippen LogP contribution in [-0.4, -0.2) is 40.1 Å². The summed E-state index contributed by atoms with van der Waals surface area (Å²) in [5, 5.41) is 11.8. The summed E-state index contributed by atoms with van der Waals surface area (Å²) in [5.41, 5.74) is 2.10. The van der Waals surface area contributed by atoms with Crippen LogP contribution < -0.4 is 4.90 Å². The minimum Gasteiger partial charge on any atom is -0.326 e. The monoisotopic (exact) mass is 491 g/mol. The molecule has 1 saturated heterocycles. The van der Waals surface area contributed by atoms with Crippen LogP contribution in [0.4, 0.5) is 11.4 Å². The number of hydrogen-bond acceptors (Lipinski definition) is 5. The molecule has 1 aliphatic heterocycles. The lowest BCUT2D eigenvalue weighted by Gasteiger charge is -2.28. The van der Waals surface area contributed by atoms with Gasteiger partial charge in [-0.05, 0) is 49.2 Å². The zero-order valence-electron chi connectivity index (χ0n) is 18.9. The third-order valence-corrected chi connectivity index (χ3v) is 6.12. The molecule has 1 heterocycles. The van der Waals surface area contributed by atoms with Crippen LogP contribution in [0.3, 0.4) is 0 Å². The Kier molecular flexibility index (Phi) is 6.93. The highest BCUT2D eigenvalue weighted by Gasteiger charge is 2.44. The number of hydrogen-bond donors (Lipinski definition) is 0. The summed E-state index contributed by atoms with van der Waals surface area (Å²) in [5.74, 6) is -1.49. The Morgan fingerprint density at radius 2 is 1.80 bits per heavy atom. The predicted molar refractivity (Wildman–Crippen MR) is 131 cm³/mol. The smallest absolute Gasteiger partial charge is 0.270 e. The third kappa shape index (κ3) is 5.22. The standard InChI is InChI=1S/C26H22ClN3O5/c1-17-8-10-21(11-9-17)29-24(31)16-23(26(29)33)28(13-12-18-4-2-6-20(27)14-18)25(32)19-5-3-7-22(15-19)30(34)35/h2-11,14-15,23H,12-13,16H2,1H3. The van der Waals surface area contributed by atoms with E-state index in [1.807, 2.05) is 13.0 Å². The van der Waals surface area contributed by atoms with E-state index in [0.717, 1.165) is 16.0 Å². The van der Waals surface area contributed by atoms with E-state index in [1.54, 1.807) is 42.5 Å². The van der Waals surface area contributed by atoms with Crippen LogP contribution in [0, 0.1) is 17.0 Å². The summed E-state index contributed by atoms with van der Waals surface area (Å²) in [4.78, 5) is 52.9. The van der Waals surface area contributed by atoms with Crippen molar-refractivity contribution in [2.75, 3.05) is 11.4 Å². The fourth-order valence-electron chi connectivity index (χ4n) is 4.08. The highest BCUT2D eigenvalue weighted by atomic mass is 35.5. The number of nitro benzene ring substituents is 1. The number of imide groups is 1. The molecule has 178 valence electrons. The Morgan fingerprint density at radius 1 is 1.09 bits per heavy atom. The lowest BCUT2D eigenvalue weighted by molar-refractivity contribution is -0.384. The molecular formula is C26H22ClN3O5. The molecule has 0 aromatic heterocycles. The van der Waals surface area contributed by atoms with E-state index in [-0.39, 0.29) is 24.2 Å². The van der Waals surface area contributed by atoms with Crippen molar-refractivity contribution >= 4 is 40.7 Å². The Hall–Kier alpha value is -4.04. The van der Waals surface area contributed by atoms with Gasteiger partial charge in [0.15, 0.2) is 0 Å². The normalized spacial score (nSPS) is 15.4. The summed E-state index contributed by atoms with van der Waals surface area (Å²) < 4.78 is 0. The number of nitrogens with zero attached hydrogens (tertiary/aromatic N) is 3. The Balaban J connectivity index is 1.66. The van der Waals surface area contributed by atoms with Crippen molar-refractivity contribution in [2.45, 2.75) is 25.8 Å². The van der Waals surface area contributed by atoms with E-state index < -0.39 is 28.7 Å². The molecule has 0 N–H and O–H groups in total. The van der Waals surface area contributed by atoms with Gasteiger partial charge in [0.1, 0.15) is 6.04 Å². The van der Waals surface area contributed by atoms with Crippen molar-refractivity contribution < 1.29 is 19.3 Å². The molecule has 1 unspecified atom stereocenters. The summed E-state index contributed by atoms with van der Waals surface area (Å²) in [6.45, 7) is 2.02. The fraction of sp³-hybridized carbons (Fsp3) is 0.192. The average Bonchev–Trinajstić information content (AvgIpc) is 3.13. The van der Waals surface area contributed by atoms with Crippen LogP contribution in [0.1, 0.15) is 27.9 Å². The maximum atomic E-state index is 13.5. The number of non-ortho nitro benzene ring substituents is 1. The van der Waals surface area contributed by atoms with Gasteiger partial charge in [-0.25, -0.2) is 4.90 Å². The first-order valence-electron chi connectivity index (χ1n) is 11.0. The number of anilines is 1. The van der Waals surface area contributed by atoms with Gasteiger partial charge < -0.3 is 4.90 Å². The third-order valence-electron chi connectivity index (χ3n) is 5.89. The number of carbonyl (C=O) groups excluding carboxylic acids is 3. The average molecular weight is 492 g/mol. The van der Waals surface area contributed by atoms with Crippen molar-refractivity contribution in [3.8, 4) is 0 Å². The first-order chi connectivity index (χ1) is 16.7. The zero-order valence-corrected chi connectivity index (χ0v) is 19.6. The molecule has 0 spiro atoms. The Morgan fingerprint density at radius 3 is 2.49 bits per heavy atom. The van der Waals surface area contributed by atoms with Crippen molar-refractivity contribution in [1.82, 2.24) is 4.90 Å². The largest absolute Gasteiger partial charge is 0.326 e. The Labute approximate surface area is 206 Å². The summed E-state index contributed by atoms with van der Waals surface area (Å²) in [6.07, 6.45) is 0.201. The van der Waals surface area contributed by atoms with Gasteiger partial charge in [-0.2, -0.15) is 0 Å². The second-order valence-corrected chi connectivity index (χ2v) is 8.75. The van der Waals surface area contributed by atoms with E-state index in [0.29, 0.717) is 17.1 Å². The van der Waals surface area contributed by atoms with Gasteiger partial charge in [-0.1, -0.05) is 47.5 Å². The molecule has 9 heteroatoms. The van der Waals surface area contributed by atoms with Gasteiger partial charge in [-0.15, -0.1) is 0 Å². The minimum absolute atomic E-state index is 0.0688.